The number of pyridine rings is 2. The lowest BCUT2D eigenvalue weighted by Crippen LogP contribution is -2.51. The number of halogens is 1. The van der Waals surface area contributed by atoms with Gasteiger partial charge in [-0.15, -0.1) is 12.4 Å². The first-order valence-electron chi connectivity index (χ1n) is 13.3. The van der Waals surface area contributed by atoms with Crippen LogP contribution in [0, 0.1) is 6.92 Å². The fourth-order valence-corrected chi connectivity index (χ4v) is 5.05. The van der Waals surface area contributed by atoms with Gasteiger partial charge in [0.1, 0.15) is 11.9 Å². The minimum absolute atomic E-state index is 0. The van der Waals surface area contributed by atoms with Gasteiger partial charge in [-0.3, -0.25) is 9.78 Å². The monoisotopic (exact) mass is 585 g/mol. The molecule has 1 unspecified atom stereocenters. The lowest BCUT2D eigenvalue weighted by atomic mass is 9.94. The van der Waals surface area contributed by atoms with Crippen LogP contribution < -0.4 is 15.1 Å². The van der Waals surface area contributed by atoms with Crippen LogP contribution in [0.3, 0.4) is 0 Å². The van der Waals surface area contributed by atoms with Crippen molar-refractivity contribution < 1.29 is 28.6 Å². The molecule has 4 aromatic rings. The molecule has 0 bridgehead atoms. The number of hydrogen-bond acceptors (Lipinski definition) is 12. The minimum atomic E-state index is -1.26. The summed E-state index contributed by atoms with van der Waals surface area (Å²) in [5.41, 5.74) is 2.05. The molecule has 3 N–H and O–H groups in total. The zero-order valence-electron chi connectivity index (χ0n) is 22.6. The third-order valence-corrected chi connectivity index (χ3v) is 7.09. The van der Waals surface area contributed by atoms with E-state index in [4.69, 9.17) is 18.6 Å². The van der Waals surface area contributed by atoms with Gasteiger partial charge in [-0.05, 0) is 31.9 Å². The lowest BCUT2D eigenvalue weighted by molar-refractivity contribution is -0.115. The van der Waals surface area contributed by atoms with Crippen molar-refractivity contribution in [2.75, 3.05) is 61.1 Å². The number of morpholine rings is 1. The Labute approximate surface area is 242 Å². The highest BCUT2D eigenvalue weighted by Crippen LogP contribution is 2.34. The van der Waals surface area contributed by atoms with Gasteiger partial charge in [0.2, 0.25) is 17.4 Å². The number of piperidine rings is 1. The summed E-state index contributed by atoms with van der Waals surface area (Å²) >= 11 is 0. The van der Waals surface area contributed by atoms with Crippen molar-refractivity contribution >= 4 is 47.1 Å². The number of fused-ring (bicyclic) bond motifs is 1. The number of oxazole rings is 2. The Morgan fingerprint density at radius 2 is 1.98 bits per heavy atom. The molecule has 1 amide bonds. The van der Waals surface area contributed by atoms with E-state index in [1.54, 1.807) is 18.3 Å². The van der Waals surface area contributed by atoms with Crippen molar-refractivity contribution in [2.24, 2.45) is 0 Å². The van der Waals surface area contributed by atoms with Crippen molar-refractivity contribution in [3.8, 4) is 11.5 Å². The van der Waals surface area contributed by atoms with Gasteiger partial charge in [0, 0.05) is 43.2 Å². The minimum Gasteiger partial charge on any atom is -0.444 e. The molecule has 41 heavy (non-hydrogen) atoms. The Morgan fingerprint density at radius 3 is 2.76 bits per heavy atom. The van der Waals surface area contributed by atoms with Crippen molar-refractivity contribution in [3.63, 3.8) is 0 Å². The highest BCUT2D eigenvalue weighted by molar-refractivity contribution is 5.97. The number of nitrogens with one attached hydrogen (secondary N) is 1. The summed E-state index contributed by atoms with van der Waals surface area (Å²) in [6.45, 7) is 4.73. The van der Waals surface area contributed by atoms with E-state index in [-0.39, 0.29) is 37.9 Å². The van der Waals surface area contributed by atoms with E-state index in [1.165, 1.54) is 6.26 Å². The van der Waals surface area contributed by atoms with E-state index in [1.807, 2.05) is 22.8 Å². The molecular weight excluding hydrogens is 554 g/mol. The van der Waals surface area contributed by atoms with Gasteiger partial charge in [-0.25, -0.2) is 9.97 Å². The lowest BCUT2D eigenvalue weighted by Gasteiger charge is -2.39. The number of carbonyl (C=O) groups excluding carboxylic acids is 1. The molecule has 1 atom stereocenters. The molecule has 2 fully saturated rings. The first kappa shape index (κ1) is 28.7. The molecular formula is C27H32ClN7O6. The van der Waals surface area contributed by atoms with Gasteiger partial charge in [0.05, 0.1) is 44.2 Å². The molecule has 14 heteroatoms. The van der Waals surface area contributed by atoms with Gasteiger partial charge in [0.25, 0.3) is 6.01 Å². The first-order chi connectivity index (χ1) is 19.4. The number of rotatable bonds is 7. The van der Waals surface area contributed by atoms with Crippen molar-refractivity contribution in [3.05, 3.63) is 42.0 Å². The zero-order chi connectivity index (χ0) is 27.7. The van der Waals surface area contributed by atoms with Crippen molar-refractivity contribution in [2.45, 2.75) is 31.8 Å². The molecule has 6 heterocycles. The summed E-state index contributed by atoms with van der Waals surface area (Å²) < 4.78 is 17.0. The van der Waals surface area contributed by atoms with Crippen LogP contribution in [-0.2, 0) is 16.0 Å². The Balaban J connectivity index is 0.00000337. The molecule has 6 rings (SSSR count). The Bertz CT molecular complexity index is 1520. The highest BCUT2D eigenvalue weighted by atomic mass is 35.5. The van der Waals surface area contributed by atoms with Crippen LogP contribution >= 0.6 is 12.4 Å². The second-order valence-corrected chi connectivity index (χ2v) is 10.2. The maximum atomic E-state index is 13.2. The number of aliphatic hydroxyl groups excluding tert-OH is 1. The van der Waals surface area contributed by atoms with E-state index in [0.717, 1.165) is 11.3 Å². The molecule has 2 aliphatic rings. The predicted octanol–water partition coefficient (Wildman–Crippen LogP) is 2.34. The topological polar surface area (TPSA) is 163 Å². The summed E-state index contributed by atoms with van der Waals surface area (Å²) in [6, 6.07) is 5.79. The van der Waals surface area contributed by atoms with Gasteiger partial charge >= 0.3 is 0 Å². The third kappa shape index (κ3) is 6.27. The summed E-state index contributed by atoms with van der Waals surface area (Å²) in [5.74, 6) is 0.531. The van der Waals surface area contributed by atoms with Crippen LogP contribution in [0.15, 0.2) is 39.5 Å². The summed E-state index contributed by atoms with van der Waals surface area (Å²) in [4.78, 5) is 35.0. The molecule has 0 spiro atoms. The van der Waals surface area contributed by atoms with Crippen molar-refractivity contribution in [1.29, 1.82) is 0 Å². The molecule has 0 aliphatic carbocycles. The number of amides is 1. The largest absolute Gasteiger partial charge is 0.444 e. The molecule has 0 saturated carbocycles. The number of ether oxygens (including phenoxy) is 1. The molecule has 0 aromatic carbocycles. The molecule has 218 valence electrons. The summed E-state index contributed by atoms with van der Waals surface area (Å²) in [6.07, 6.45) is 4.24. The maximum Gasteiger partial charge on any atom is 0.300 e. The molecule has 2 saturated heterocycles. The molecule has 2 aliphatic heterocycles. The maximum absolute atomic E-state index is 13.2. The van der Waals surface area contributed by atoms with Gasteiger partial charge in [-0.2, -0.15) is 4.98 Å². The second-order valence-electron chi connectivity index (χ2n) is 10.2. The SMILES string of the molecule is Cc1cc(-c2nc(CC(=O)Nc3cc4oc(N5CCOCC5)nc4nc3N3CCCC(O)(CO)C3)co2)ccn1.Cl. The molecule has 4 aromatic heterocycles. The summed E-state index contributed by atoms with van der Waals surface area (Å²) in [7, 11) is 0. The Morgan fingerprint density at radius 1 is 1.15 bits per heavy atom. The highest BCUT2D eigenvalue weighted by Gasteiger charge is 2.34. The summed E-state index contributed by atoms with van der Waals surface area (Å²) in [5, 5.41) is 23.5. The number of carbonyl (C=O) groups is 1. The van der Waals surface area contributed by atoms with Crippen LogP contribution in [0.5, 0.6) is 0 Å². The number of hydrogen-bond donors (Lipinski definition) is 3. The number of aromatic nitrogens is 4. The Kier molecular flexibility index (Phi) is 8.40. The van der Waals surface area contributed by atoms with Gasteiger partial charge in [-0.1, -0.05) is 0 Å². The fourth-order valence-electron chi connectivity index (χ4n) is 5.05. The third-order valence-electron chi connectivity index (χ3n) is 7.09. The number of aryl methyl sites for hydroxylation is 1. The smallest absolute Gasteiger partial charge is 0.300 e. The molecule has 0 radical (unpaired) electrons. The van der Waals surface area contributed by atoms with E-state index >= 15 is 0 Å². The number of β-amino-alcohol motifs (C(OH)–C–C–N with tert-alkyl or cyclic N) is 1. The van der Waals surface area contributed by atoms with Crippen LogP contribution in [0.1, 0.15) is 24.2 Å². The van der Waals surface area contributed by atoms with E-state index in [9.17, 15) is 15.0 Å². The van der Waals surface area contributed by atoms with Crippen molar-refractivity contribution in [1.82, 2.24) is 19.9 Å². The van der Waals surface area contributed by atoms with Crippen LogP contribution in [0.2, 0.25) is 0 Å². The number of nitrogens with zero attached hydrogens (tertiary/aromatic N) is 6. The normalized spacial score (nSPS) is 19.3. The quantitative estimate of drug-likeness (QED) is 0.290. The number of aliphatic hydroxyl groups is 2. The average Bonchev–Trinajstić information content (AvgIpc) is 3.60. The van der Waals surface area contributed by atoms with E-state index < -0.39 is 5.60 Å². The number of anilines is 3. The van der Waals surface area contributed by atoms with Gasteiger partial charge in [0.15, 0.2) is 11.4 Å². The average molecular weight is 586 g/mol. The standard InChI is InChI=1S/C27H31N7O6.ClH/c1-17-11-18(3-5-28-17)25-29-19(14-39-25)12-22(36)30-20-13-21-23(32-26(40-21)33-7-9-38-10-8-33)31-24(20)34-6-2-4-27(37,15-34)16-35;/h3,5,11,13-14,35,37H,2,4,6-10,12,15-16H2,1H3,(H,30,36);1H. The zero-order valence-corrected chi connectivity index (χ0v) is 23.4. The molecule has 13 nitrogen and oxygen atoms in total. The van der Waals surface area contributed by atoms with Crippen LogP contribution in [0.4, 0.5) is 17.5 Å². The van der Waals surface area contributed by atoms with Crippen LogP contribution in [-0.4, -0.2) is 87.7 Å². The fraction of sp³-hybridized carbons (Fsp3) is 0.444. The Hall–Kier alpha value is -3.78. The second kappa shape index (κ2) is 12.0. The first-order valence-corrected chi connectivity index (χ1v) is 13.3. The predicted molar refractivity (Wildman–Crippen MR) is 152 cm³/mol. The van der Waals surface area contributed by atoms with Gasteiger partial charge < -0.3 is 38.9 Å². The van der Waals surface area contributed by atoms with Crippen LogP contribution in [0.25, 0.3) is 22.7 Å². The van der Waals surface area contributed by atoms with E-state index in [0.29, 0.717) is 86.0 Å². The van der Waals surface area contributed by atoms with E-state index in [2.05, 4.69) is 20.3 Å².